The number of Topliss-reactive ketones (excluding diaryl/α,β-unsaturated/α-hetero) is 1. The Morgan fingerprint density at radius 3 is 2.94 bits per heavy atom. The Labute approximate surface area is 103 Å². The summed E-state index contributed by atoms with van der Waals surface area (Å²) in [5.41, 5.74) is 6.37. The first kappa shape index (κ1) is 11.9. The number of anilines is 1. The molecule has 0 saturated carbocycles. The largest absolute Gasteiger partial charge is 0.449 e. The minimum atomic E-state index is -0.586. The first-order valence-corrected chi connectivity index (χ1v) is 5.44. The molecule has 17 heavy (non-hydrogen) atoms. The molecule has 0 spiro atoms. The Morgan fingerprint density at radius 1 is 1.59 bits per heavy atom. The summed E-state index contributed by atoms with van der Waals surface area (Å²) in [7, 11) is 0. The van der Waals surface area contributed by atoms with Gasteiger partial charge < -0.3 is 10.5 Å². The number of ketones is 1. The summed E-state index contributed by atoms with van der Waals surface area (Å²) in [6, 6.07) is 4.07. The number of rotatable bonds is 3. The van der Waals surface area contributed by atoms with E-state index in [2.05, 4.69) is 5.32 Å². The van der Waals surface area contributed by atoms with Gasteiger partial charge in [-0.25, -0.2) is 0 Å². The Balaban J connectivity index is 2.11. The van der Waals surface area contributed by atoms with Crippen molar-refractivity contribution in [2.75, 3.05) is 12.5 Å². The summed E-state index contributed by atoms with van der Waals surface area (Å²) < 4.78 is 4.70. The number of cyclic esters (lactones) is 1. The predicted molar refractivity (Wildman–Crippen MR) is 62.7 cm³/mol. The predicted octanol–water partition coefficient (Wildman–Crippen LogP) is 0.968. The van der Waals surface area contributed by atoms with Crippen LogP contribution in [-0.4, -0.2) is 24.5 Å². The smallest absolute Gasteiger partial charge is 0.325 e. The first-order valence-electron chi connectivity index (χ1n) is 5.06. The van der Waals surface area contributed by atoms with E-state index in [0.717, 1.165) is 0 Å². The van der Waals surface area contributed by atoms with E-state index in [1.807, 2.05) is 0 Å². The maximum Gasteiger partial charge on any atom is 0.325 e. The van der Waals surface area contributed by atoms with Gasteiger partial charge in [-0.3, -0.25) is 14.9 Å². The molecule has 1 aliphatic rings. The molecule has 0 unspecified atom stereocenters. The molecule has 1 aliphatic heterocycles. The summed E-state index contributed by atoms with van der Waals surface area (Å²) >= 11 is 5.74. The molecule has 1 aromatic carbocycles. The fraction of sp³-hybridized carbons (Fsp3) is 0.273. The number of carbonyl (C=O) groups excluding carboxylic acids is 2. The number of hydrogen-bond donors (Lipinski definition) is 2. The van der Waals surface area contributed by atoms with Crippen molar-refractivity contribution in [2.45, 2.75) is 12.5 Å². The van der Waals surface area contributed by atoms with Gasteiger partial charge in [0.2, 0.25) is 0 Å². The number of hydrogen-bond acceptors (Lipinski definition) is 5. The van der Waals surface area contributed by atoms with Crippen LogP contribution >= 0.6 is 11.6 Å². The second-order valence-corrected chi connectivity index (χ2v) is 4.16. The molecule has 0 bridgehead atoms. The zero-order valence-electron chi connectivity index (χ0n) is 8.90. The molecule has 5 nitrogen and oxygen atoms in total. The highest BCUT2D eigenvalue weighted by atomic mass is 35.5. The van der Waals surface area contributed by atoms with Crippen molar-refractivity contribution < 1.29 is 14.3 Å². The first-order chi connectivity index (χ1) is 8.08. The highest BCUT2D eigenvalue weighted by Crippen LogP contribution is 2.20. The fourth-order valence-corrected chi connectivity index (χ4v) is 1.82. The second kappa shape index (κ2) is 4.73. The number of halogens is 1. The average molecular weight is 255 g/mol. The Hall–Kier alpha value is -1.59. The van der Waals surface area contributed by atoms with E-state index in [1.54, 1.807) is 12.1 Å². The number of ether oxygens (including phenoxy) is 1. The Morgan fingerprint density at radius 2 is 2.35 bits per heavy atom. The molecule has 1 aromatic rings. The zero-order chi connectivity index (χ0) is 12.4. The van der Waals surface area contributed by atoms with Gasteiger partial charge in [0.15, 0.2) is 5.78 Å². The molecule has 0 aliphatic carbocycles. The number of nitrogens with two attached hydrogens (primary N) is 1. The van der Waals surface area contributed by atoms with Crippen LogP contribution in [0.1, 0.15) is 16.8 Å². The van der Waals surface area contributed by atoms with Crippen LogP contribution in [0.3, 0.4) is 0 Å². The van der Waals surface area contributed by atoms with E-state index < -0.39 is 12.0 Å². The fourth-order valence-electron chi connectivity index (χ4n) is 1.64. The highest BCUT2D eigenvalue weighted by molar-refractivity contribution is 6.31. The minimum absolute atomic E-state index is 0.0324. The molecule has 0 aromatic heterocycles. The third-order valence-electron chi connectivity index (χ3n) is 2.53. The van der Waals surface area contributed by atoms with Crippen molar-refractivity contribution in [3.05, 3.63) is 28.8 Å². The van der Waals surface area contributed by atoms with E-state index >= 15 is 0 Å². The van der Waals surface area contributed by atoms with Crippen molar-refractivity contribution in [2.24, 2.45) is 0 Å². The zero-order valence-corrected chi connectivity index (χ0v) is 9.66. The summed E-state index contributed by atoms with van der Waals surface area (Å²) in [6.07, 6.45) is 0.0324. The number of benzene rings is 1. The van der Waals surface area contributed by atoms with Gasteiger partial charge >= 0.3 is 5.97 Å². The summed E-state index contributed by atoms with van der Waals surface area (Å²) in [5.74, 6) is -0.624. The van der Waals surface area contributed by atoms with E-state index in [-0.39, 0.29) is 18.9 Å². The van der Waals surface area contributed by atoms with Crippen molar-refractivity contribution in [1.82, 2.24) is 5.32 Å². The topological polar surface area (TPSA) is 81.4 Å². The van der Waals surface area contributed by atoms with Gasteiger partial charge in [-0.1, -0.05) is 11.6 Å². The molecular weight excluding hydrogens is 244 g/mol. The quantitative estimate of drug-likeness (QED) is 0.477. The second-order valence-electron chi connectivity index (χ2n) is 3.72. The Kier molecular flexibility index (Phi) is 3.31. The van der Waals surface area contributed by atoms with Gasteiger partial charge in [-0.15, -0.1) is 0 Å². The molecule has 3 N–H and O–H groups in total. The molecule has 1 atom stereocenters. The molecular formula is C11H11ClN2O3. The standard InChI is InChI=1S/C11H11ClN2O3/c12-6-1-2-7(8(13)3-6)10(15)4-9-11(16)17-5-14-9/h1-3,9,14H,4-5,13H2/t9-/m0/s1. The maximum absolute atomic E-state index is 11.9. The normalized spacial score (nSPS) is 19.1. The van der Waals surface area contributed by atoms with E-state index in [4.69, 9.17) is 22.1 Å². The van der Waals surface area contributed by atoms with Crippen molar-refractivity contribution >= 4 is 29.0 Å². The lowest BCUT2D eigenvalue weighted by Gasteiger charge is -2.07. The molecule has 0 amide bonds. The van der Waals surface area contributed by atoms with Crippen molar-refractivity contribution in [3.8, 4) is 0 Å². The van der Waals surface area contributed by atoms with Crippen LogP contribution < -0.4 is 11.1 Å². The van der Waals surface area contributed by atoms with Crippen LogP contribution in [-0.2, 0) is 9.53 Å². The Bertz CT molecular complexity index is 476. The van der Waals surface area contributed by atoms with Gasteiger partial charge in [-0.05, 0) is 18.2 Å². The number of carbonyl (C=O) groups is 2. The van der Waals surface area contributed by atoms with Gasteiger partial charge in [0.05, 0.1) is 0 Å². The monoisotopic (exact) mass is 254 g/mol. The number of esters is 1. The van der Waals surface area contributed by atoms with Crippen LogP contribution in [0.4, 0.5) is 5.69 Å². The minimum Gasteiger partial charge on any atom is -0.449 e. The SMILES string of the molecule is Nc1cc(Cl)ccc1C(=O)C[C@@H]1NCOC1=O. The number of nitrogens with one attached hydrogen (secondary N) is 1. The van der Waals surface area contributed by atoms with Gasteiger partial charge in [0, 0.05) is 22.7 Å². The molecule has 1 fully saturated rings. The maximum atomic E-state index is 11.9. The molecule has 90 valence electrons. The lowest BCUT2D eigenvalue weighted by atomic mass is 10.0. The van der Waals surface area contributed by atoms with Crippen LogP contribution in [0.15, 0.2) is 18.2 Å². The van der Waals surface area contributed by atoms with Crippen molar-refractivity contribution in [3.63, 3.8) is 0 Å². The number of nitrogen functional groups attached to an aromatic ring is 1. The summed E-state index contributed by atoms with van der Waals surface area (Å²) in [6.45, 7) is 0.146. The van der Waals surface area contributed by atoms with Crippen LogP contribution in [0, 0.1) is 0 Å². The molecule has 1 saturated heterocycles. The summed E-state index contributed by atoms with van der Waals surface area (Å²) in [5, 5.41) is 3.25. The average Bonchev–Trinajstić information content (AvgIpc) is 2.64. The lowest BCUT2D eigenvalue weighted by Crippen LogP contribution is -2.30. The molecule has 1 heterocycles. The van der Waals surface area contributed by atoms with E-state index in [0.29, 0.717) is 16.3 Å². The lowest BCUT2D eigenvalue weighted by molar-refractivity contribution is -0.139. The molecule has 2 rings (SSSR count). The van der Waals surface area contributed by atoms with Crippen molar-refractivity contribution in [1.29, 1.82) is 0 Å². The third-order valence-corrected chi connectivity index (χ3v) is 2.77. The van der Waals surface area contributed by atoms with Gasteiger partial charge in [0.25, 0.3) is 0 Å². The van der Waals surface area contributed by atoms with E-state index in [9.17, 15) is 9.59 Å². The molecule has 0 radical (unpaired) electrons. The van der Waals surface area contributed by atoms with Gasteiger partial charge in [-0.2, -0.15) is 0 Å². The third kappa shape index (κ3) is 2.57. The van der Waals surface area contributed by atoms with Crippen LogP contribution in [0.5, 0.6) is 0 Å². The molecule has 6 heteroatoms. The highest BCUT2D eigenvalue weighted by Gasteiger charge is 2.28. The van der Waals surface area contributed by atoms with Crippen LogP contribution in [0.25, 0.3) is 0 Å². The van der Waals surface area contributed by atoms with E-state index in [1.165, 1.54) is 6.07 Å². The van der Waals surface area contributed by atoms with Gasteiger partial charge in [0.1, 0.15) is 12.8 Å². The summed E-state index contributed by atoms with van der Waals surface area (Å²) in [4.78, 5) is 23.1. The van der Waals surface area contributed by atoms with Crippen LogP contribution in [0.2, 0.25) is 5.02 Å².